The van der Waals surface area contributed by atoms with E-state index in [1.807, 2.05) is 13.1 Å². The Morgan fingerprint density at radius 3 is 1.80 bits per heavy atom. The number of nitrogens with one attached hydrogen (secondary N) is 1. The van der Waals surface area contributed by atoms with Gasteiger partial charge in [-0.1, -0.05) is 86.6 Å². The van der Waals surface area contributed by atoms with Crippen LogP contribution in [0, 0.1) is 0 Å². The second-order valence-corrected chi connectivity index (χ2v) is 7.13. The summed E-state index contributed by atoms with van der Waals surface area (Å²) in [5.41, 5.74) is 5.79. The van der Waals surface area contributed by atoms with Crippen LogP contribution in [0.1, 0.15) is 30.5 Å². The molecule has 0 spiro atoms. The molecular weight excluding hydrogens is 368 g/mol. The SMILES string of the molecule is CCN(CC)CCOc1ccc(/C(=C(/NC)c2ccccc2)c2ccccc2)cc1. The molecule has 3 nitrogen and oxygen atoms in total. The third-order valence-corrected chi connectivity index (χ3v) is 5.34. The van der Waals surface area contributed by atoms with Crippen LogP contribution in [-0.4, -0.2) is 38.2 Å². The monoisotopic (exact) mass is 400 g/mol. The van der Waals surface area contributed by atoms with E-state index in [0.29, 0.717) is 6.61 Å². The van der Waals surface area contributed by atoms with Crippen LogP contribution in [0.3, 0.4) is 0 Å². The van der Waals surface area contributed by atoms with E-state index in [2.05, 4.69) is 103 Å². The van der Waals surface area contributed by atoms with Crippen molar-refractivity contribution in [3.05, 3.63) is 102 Å². The van der Waals surface area contributed by atoms with E-state index in [0.717, 1.165) is 36.6 Å². The Hall–Kier alpha value is -3.04. The lowest BCUT2D eigenvalue weighted by atomic mass is 9.93. The van der Waals surface area contributed by atoms with Crippen LogP contribution in [-0.2, 0) is 0 Å². The van der Waals surface area contributed by atoms with Crippen molar-refractivity contribution in [2.24, 2.45) is 0 Å². The molecule has 30 heavy (non-hydrogen) atoms. The third-order valence-electron chi connectivity index (χ3n) is 5.34. The average Bonchev–Trinajstić information content (AvgIpc) is 2.82. The highest BCUT2D eigenvalue weighted by Gasteiger charge is 2.13. The van der Waals surface area contributed by atoms with Crippen LogP contribution >= 0.6 is 0 Å². The molecule has 0 unspecified atom stereocenters. The maximum atomic E-state index is 5.98. The van der Waals surface area contributed by atoms with Gasteiger partial charge in [-0.05, 0) is 41.9 Å². The lowest BCUT2D eigenvalue weighted by Crippen LogP contribution is -2.27. The van der Waals surface area contributed by atoms with E-state index < -0.39 is 0 Å². The van der Waals surface area contributed by atoms with E-state index in [1.165, 1.54) is 16.7 Å². The zero-order valence-corrected chi connectivity index (χ0v) is 18.3. The molecule has 0 aliphatic heterocycles. The fourth-order valence-electron chi connectivity index (χ4n) is 3.63. The maximum absolute atomic E-state index is 5.98. The quantitative estimate of drug-likeness (QED) is 0.452. The first-order valence-corrected chi connectivity index (χ1v) is 10.7. The van der Waals surface area contributed by atoms with Gasteiger partial charge in [0.2, 0.25) is 0 Å². The van der Waals surface area contributed by atoms with E-state index in [9.17, 15) is 0 Å². The van der Waals surface area contributed by atoms with Gasteiger partial charge < -0.3 is 15.0 Å². The molecule has 0 aliphatic rings. The summed E-state index contributed by atoms with van der Waals surface area (Å²) in [7, 11) is 1.98. The second kappa shape index (κ2) is 11.2. The topological polar surface area (TPSA) is 24.5 Å². The van der Waals surface area contributed by atoms with Gasteiger partial charge in [-0.2, -0.15) is 0 Å². The molecule has 0 aromatic heterocycles. The number of hydrogen-bond acceptors (Lipinski definition) is 3. The Morgan fingerprint density at radius 2 is 1.27 bits per heavy atom. The van der Waals surface area contributed by atoms with E-state index in [1.54, 1.807) is 0 Å². The van der Waals surface area contributed by atoms with E-state index >= 15 is 0 Å². The highest BCUT2D eigenvalue weighted by Crippen LogP contribution is 2.31. The number of ether oxygens (including phenoxy) is 1. The number of benzene rings is 3. The molecule has 3 aromatic carbocycles. The van der Waals surface area contributed by atoms with Crippen LogP contribution in [0.25, 0.3) is 11.3 Å². The molecule has 0 radical (unpaired) electrons. The third kappa shape index (κ3) is 5.52. The van der Waals surface area contributed by atoms with Crippen LogP contribution in [0.5, 0.6) is 5.75 Å². The van der Waals surface area contributed by atoms with Crippen molar-refractivity contribution in [2.45, 2.75) is 13.8 Å². The van der Waals surface area contributed by atoms with Crippen LogP contribution in [0.15, 0.2) is 84.9 Å². The summed E-state index contributed by atoms with van der Waals surface area (Å²) in [5.74, 6) is 0.907. The molecule has 3 aromatic rings. The average molecular weight is 401 g/mol. The Balaban J connectivity index is 1.91. The summed E-state index contributed by atoms with van der Waals surface area (Å²) < 4.78 is 5.98. The smallest absolute Gasteiger partial charge is 0.119 e. The molecule has 0 saturated heterocycles. The van der Waals surface area contributed by atoms with Gasteiger partial charge in [-0.15, -0.1) is 0 Å². The standard InChI is InChI=1S/C27H32N2O/c1-4-29(5-2)20-21-30-25-18-16-23(17-19-25)26(22-12-8-6-9-13-22)27(28-3)24-14-10-7-11-15-24/h6-19,28H,4-5,20-21H2,1-3H3/b27-26+. The number of likely N-dealkylation sites (N-methyl/N-ethyl adjacent to an activating group) is 1. The van der Waals surface area contributed by atoms with Crippen molar-refractivity contribution in [3.63, 3.8) is 0 Å². The van der Waals surface area contributed by atoms with Gasteiger partial charge >= 0.3 is 0 Å². The first kappa shape index (κ1) is 21.7. The van der Waals surface area contributed by atoms with Gasteiger partial charge in [0.05, 0.1) is 0 Å². The van der Waals surface area contributed by atoms with E-state index in [-0.39, 0.29) is 0 Å². The van der Waals surface area contributed by atoms with Gasteiger partial charge in [0.1, 0.15) is 12.4 Å². The summed E-state index contributed by atoms with van der Waals surface area (Å²) in [5, 5.41) is 3.43. The van der Waals surface area contributed by atoms with Crippen LogP contribution in [0.4, 0.5) is 0 Å². The Kier molecular flexibility index (Phi) is 8.10. The van der Waals surface area contributed by atoms with Crippen LogP contribution in [0.2, 0.25) is 0 Å². The normalized spacial score (nSPS) is 11.9. The Labute approximate surface area is 181 Å². The molecule has 0 fully saturated rings. The first-order chi connectivity index (χ1) is 14.8. The van der Waals surface area contributed by atoms with Gasteiger partial charge in [0.15, 0.2) is 0 Å². The highest BCUT2D eigenvalue weighted by atomic mass is 16.5. The Bertz CT molecular complexity index is 914. The van der Waals surface area contributed by atoms with Gasteiger partial charge in [0.25, 0.3) is 0 Å². The minimum atomic E-state index is 0.703. The maximum Gasteiger partial charge on any atom is 0.119 e. The Morgan fingerprint density at radius 1 is 0.733 bits per heavy atom. The van der Waals surface area contributed by atoms with Gasteiger partial charge in [0, 0.05) is 24.9 Å². The molecule has 3 rings (SSSR count). The largest absolute Gasteiger partial charge is 0.492 e. The van der Waals surface area contributed by atoms with E-state index in [4.69, 9.17) is 4.74 Å². The van der Waals surface area contributed by atoms with Crippen molar-refractivity contribution in [1.82, 2.24) is 10.2 Å². The lowest BCUT2D eigenvalue weighted by Gasteiger charge is -2.19. The van der Waals surface area contributed by atoms with Crippen molar-refractivity contribution in [1.29, 1.82) is 0 Å². The molecule has 0 aliphatic carbocycles. The highest BCUT2D eigenvalue weighted by molar-refractivity contribution is 5.97. The molecule has 0 saturated carbocycles. The molecule has 0 atom stereocenters. The summed E-state index contributed by atoms with van der Waals surface area (Å²) in [4.78, 5) is 2.36. The summed E-state index contributed by atoms with van der Waals surface area (Å²) in [6.07, 6.45) is 0. The van der Waals surface area contributed by atoms with Crippen LogP contribution < -0.4 is 10.1 Å². The summed E-state index contributed by atoms with van der Waals surface area (Å²) >= 11 is 0. The van der Waals surface area contributed by atoms with Crippen molar-refractivity contribution < 1.29 is 4.74 Å². The molecule has 3 heteroatoms. The zero-order chi connectivity index (χ0) is 21.2. The van der Waals surface area contributed by atoms with Gasteiger partial charge in [-0.25, -0.2) is 0 Å². The zero-order valence-electron chi connectivity index (χ0n) is 18.3. The molecule has 0 amide bonds. The fourth-order valence-corrected chi connectivity index (χ4v) is 3.63. The predicted molar refractivity (Wildman–Crippen MR) is 128 cm³/mol. The van der Waals surface area contributed by atoms with Gasteiger partial charge in [-0.3, -0.25) is 0 Å². The molecule has 0 heterocycles. The minimum absolute atomic E-state index is 0.703. The predicted octanol–water partition coefficient (Wildman–Crippen LogP) is 5.54. The number of hydrogen-bond donors (Lipinski definition) is 1. The molecule has 0 bridgehead atoms. The molecular formula is C27H32N2O. The summed E-state index contributed by atoms with van der Waals surface area (Å²) in [6.45, 7) is 8.12. The lowest BCUT2D eigenvalue weighted by molar-refractivity contribution is 0.223. The van der Waals surface area contributed by atoms with Crippen molar-refractivity contribution in [2.75, 3.05) is 33.3 Å². The second-order valence-electron chi connectivity index (χ2n) is 7.13. The summed E-state index contributed by atoms with van der Waals surface area (Å²) in [6, 6.07) is 29.4. The fraction of sp³-hybridized carbons (Fsp3) is 0.259. The number of nitrogens with zero attached hydrogens (tertiary/aromatic N) is 1. The van der Waals surface area contributed by atoms with Crippen molar-refractivity contribution in [3.8, 4) is 5.75 Å². The minimum Gasteiger partial charge on any atom is -0.492 e. The first-order valence-electron chi connectivity index (χ1n) is 10.7. The molecule has 1 N–H and O–H groups in total. The number of rotatable bonds is 10. The van der Waals surface area contributed by atoms with Crippen molar-refractivity contribution >= 4 is 11.3 Å². The molecule has 156 valence electrons.